The number of hydrogen-bond donors (Lipinski definition) is 3. The highest BCUT2D eigenvalue weighted by atomic mass is 35.5. The number of rotatable bonds is 5. The summed E-state index contributed by atoms with van der Waals surface area (Å²) in [6.07, 6.45) is 0.831. The summed E-state index contributed by atoms with van der Waals surface area (Å²) < 4.78 is 30.6. The molecule has 5 aliphatic rings. The van der Waals surface area contributed by atoms with Crippen molar-refractivity contribution in [3.63, 3.8) is 0 Å². The smallest absolute Gasteiger partial charge is 0.264 e. The number of amides is 3. The minimum absolute atomic E-state index is 0.00889. The maximum absolute atomic E-state index is 15.3. The molecule has 2 aliphatic carbocycles. The zero-order valence-corrected chi connectivity index (χ0v) is 23.9. The monoisotopic (exact) mass is 616 g/mol. The van der Waals surface area contributed by atoms with Crippen molar-refractivity contribution in [2.45, 2.75) is 68.2 Å². The van der Waals surface area contributed by atoms with Gasteiger partial charge < -0.3 is 20.6 Å². The van der Waals surface area contributed by atoms with Gasteiger partial charge in [-0.25, -0.2) is 8.78 Å². The van der Waals surface area contributed by atoms with Crippen LogP contribution in [-0.2, 0) is 20.0 Å². The van der Waals surface area contributed by atoms with Crippen molar-refractivity contribution >= 4 is 40.9 Å². The van der Waals surface area contributed by atoms with Gasteiger partial charge in [0.15, 0.2) is 5.60 Å². The summed E-state index contributed by atoms with van der Waals surface area (Å²) in [5.74, 6) is -7.35. The van der Waals surface area contributed by atoms with E-state index in [2.05, 4.69) is 10.6 Å². The number of halogens is 4. The lowest BCUT2D eigenvalue weighted by Gasteiger charge is -2.54. The van der Waals surface area contributed by atoms with E-state index in [1.165, 1.54) is 12.1 Å². The number of nitrogens with one attached hydrogen (secondary N) is 2. The molecular formula is C30H28Cl2F2N4O4. The third kappa shape index (κ3) is 4.53. The molecule has 1 saturated carbocycles. The standard InChI is InChI=1S/C30H28Cl2F2N4O4/c31-16-3-6-20-21-7-4-17(32)12-24(21)30(42,23(20)11-16)28(41)38-19-5-8-22(29(33,34)13-19)25(38)27(40)37-18(14-35)10-15-2-1-9-36-26(15)39/h3-4,6-7,11-12,15,18-19,22,25,42H,1-2,5,8-10,13H2,(H,36,39)(H,37,40)/t15-,18-,19-,22-,25-/m0/s1. The molecule has 0 spiro atoms. The minimum atomic E-state index is -3.24. The fourth-order valence-electron chi connectivity index (χ4n) is 7.21. The highest BCUT2D eigenvalue weighted by Gasteiger charge is 2.63. The Bertz CT molecular complexity index is 1480. The second-order valence-electron chi connectivity index (χ2n) is 11.6. The fraction of sp³-hybridized carbons (Fsp3) is 0.467. The molecule has 3 N–H and O–H groups in total. The molecule has 2 aromatic carbocycles. The third-order valence-corrected chi connectivity index (χ3v) is 9.64. The molecule has 3 heterocycles. The first-order valence-corrected chi connectivity index (χ1v) is 14.7. The maximum Gasteiger partial charge on any atom is 0.264 e. The number of nitrogens with zero attached hydrogens (tertiary/aromatic N) is 2. The number of benzene rings is 2. The number of carbonyl (C=O) groups is 3. The van der Waals surface area contributed by atoms with Gasteiger partial charge in [-0.2, -0.15) is 5.26 Å². The molecule has 5 atom stereocenters. The number of nitriles is 1. The SMILES string of the molecule is N#C[C@H](C[C@@H]1CCCNC1=O)NC(=O)[C@@H]1[C@@H]2CC[C@@H](CC2(F)F)N1C(=O)C1(O)c2cc(Cl)ccc2-c2ccc(Cl)cc21. The lowest BCUT2D eigenvalue weighted by molar-refractivity contribution is -0.201. The zero-order valence-electron chi connectivity index (χ0n) is 22.4. The average molecular weight is 617 g/mol. The van der Waals surface area contributed by atoms with E-state index in [1.54, 1.807) is 24.3 Å². The van der Waals surface area contributed by atoms with Crippen LogP contribution in [0.5, 0.6) is 0 Å². The number of aliphatic hydroxyl groups is 1. The molecule has 42 heavy (non-hydrogen) atoms. The van der Waals surface area contributed by atoms with Crippen molar-refractivity contribution in [3.8, 4) is 17.2 Å². The van der Waals surface area contributed by atoms with Crippen LogP contribution in [0.25, 0.3) is 11.1 Å². The Labute approximate surface area is 251 Å². The summed E-state index contributed by atoms with van der Waals surface area (Å²) in [6, 6.07) is 7.61. The van der Waals surface area contributed by atoms with Crippen LogP contribution in [0, 0.1) is 23.2 Å². The van der Waals surface area contributed by atoms with Crippen molar-refractivity contribution in [2.24, 2.45) is 11.8 Å². The molecule has 7 rings (SSSR count). The van der Waals surface area contributed by atoms with Crippen molar-refractivity contribution in [1.29, 1.82) is 5.26 Å². The van der Waals surface area contributed by atoms with Crippen LogP contribution in [-0.4, -0.2) is 58.3 Å². The van der Waals surface area contributed by atoms with Crippen LogP contribution in [0.1, 0.15) is 49.7 Å². The molecule has 3 saturated heterocycles. The molecule has 2 bridgehead atoms. The second-order valence-corrected chi connectivity index (χ2v) is 12.5. The molecule has 8 nitrogen and oxygen atoms in total. The molecule has 0 unspecified atom stereocenters. The van der Waals surface area contributed by atoms with Gasteiger partial charge >= 0.3 is 0 Å². The summed E-state index contributed by atoms with van der Waals surface area (Å²) in [4.78, 5) is 41.7. The van der Waals surface area contributed by atoms with Gasteiger partial charge in [-0.05, 0) is 67.5 Å². The Morgan fingerprint density at radius 1 is 1.12 bits per heavy atom. The van der Waals surface area contributed by atoms with Crippen molar-refractivity contribution in [3.05, 3.63) is 57.6 Å². The van der Waals surface area contributed by atoms with Gasteiger partial charge in [-0.3, -0.25) is 14.4 Å². The molecule has 4 fully saturated rings. The summed E-state index contributed by atoms with van der Waals surface area (Å²) in [6.45, 7) is 0.530. The number of alkyl halides is 2. The van der Waals surface area contributed by atoms with E-state index >= 15 is 8.78 Å². The van der Waals surface area contributed by atoms with Crippen LogP contribution in [0.15, 0.2) is 36.4 Å². The van der Waals surface area contributed by atoms with Gasteiger partial charge in [-0.1, -0.05) is 35.3 Å². The van der Waals surface area contributed by atoms with Crippen LogP contribution < -0.4 is 10.6 Å². The molecule has 2 aromatic rings. The van der Waals surface area contributed by atoms with Gasteiger partial charge in [0.2, 0.25) is 11.8 Å². The van der Waals surface area contributed by atoms with Crippen LogP contribution in [0.2, 0.25) is 10.0 Å². The summed E-state index contributed by atoms with van der Waals surface area (Å²) in [5, 5.41) is 27.8. The van der Waals surface area contributed by atoms with Crippen LogP contribution in [0.4, 0.5) is 8.78 Å². The predicted molar refractivity (Wildman–Crippen MR) is 150 cm³/mol. The Morgan fingerprint density at radius 2 is 1.76 bits per heavy atom. The summed E-state index contributed by atoms with van der Waals surface area (Å²) in [7, 11) is 0. The van der Waals surface area contributed by atoms with E-state index in [9.17, 15) is 24.8 Å². The van der Waals surface area contributed by atoms with Crippen LogP contribution >= 0.6 is 23.2 Å². The first kappa shape index (κ1) is 28.8. The van der Waals surface area contributed by atoms with E-state index in [4.69, 9.17) is 23.2 Å². The lowest BCUT2D eigenvalue weighted by Crippen LogP contribution is -2.70. The highest BCUT2D eigenvalue weighted by Crippen LogP contribution is 2.54. The molecule has 3 aliphatic heterocycles. The maximum atomic E-state index is 15.3. The van der Waals surface area contributed by atoms with Crippen molar-refractivity contribution in [1.82, 2.24) is 15.5 Å². The van der Waals surface area contributed by atoms with Gasteiger partial charge in [0.25, 0.3) is 11.8 Å². The van der Waals surface area contributed by atoms with Gasteiger partial charge in [0, 0.05) is 46.1 Å². The zero-order chi connectivity index (χ0) is 30.0. The molecule has 0 radical (unpaired) electrons. The van der Waals surface area contributed by atoms with Gasteiger partial charge in [0.05, 0.1) is 12.0 Å². The molecule has 0 aromatic heterocycles. The number of fused-ring (bicyclic) bond motifs is 6. The van der Waals surface area contributed by atoms with Crippen molar-refractivity contribution < 1.29 is 28.3 Å². The number of hydrogen-bond acceptors (Lipinski definition) is 5. The number of carbonyl (C=O) groups excluding carboxylic acids is 3. The quantitative estimate of drug-likeness (QED) is 0.466. The molecule has 3 amide bonds. The lowest BCUT2D eigenvalue weighted by atomic mass is 9.70. The van der Waals surface area contributed by atoms with Gasteiger partial charge in [-0.15, -0.1) is 0 Å². The van der Waals surface area contributed by atoms with Crippen molar-refractivity contribution in [2.75, 3.05) is 6.54 Å². The van der Waals surface area contributed by atoms with E-state index in [1.807, 2.05) is 6.07 Å². The normalized spacial score (nSPS) is 27.3. The van der Waals surface area contributed by atoms with E-state index < -0.39 is 59.7 Å². The summed E-state index contributed by atoms with van der Waals surface area (Å²) >= 11 is 12.5. The first-order chi connectivity index (χ1) is 20.0. The average Bonchev–Trinajstić information content (AvgIpc) is 3.20. The Kier molecular flexibility index (Phi) is 7.19. The molecular weight excluding hydrogens is 589 g/mol. The van der Waals surface area contributed by atoms with E-state index in [0.29, 0.717) is 24.1 Å². The van der Waals surface area contributed by atoms with Gasteiger partial charge in [0.1, 0.15) is 12.1 Å². The van der Waals surface area contributed by atoms with E-state index in [0.717, 1.165) is 11.3 Å². The Balaban J connectivity index is 1.38. The topological polar surface area (TPSA) is 123 Å². The van der Waals surface area contributed by atoms with Crippen LogP contribution in [0.3, 0.4) is 0 Å². The molecule has 220 valence electrons. The second kappa shape index (κ2) is 10.5. The first-order valence-electron chi connectivity index (χ1n) is 14.0. The Hall–Kier alpha value is -3.26. The fourth-order valence-corrected chi connectivity index (χ4v) is 7.55. The highest BCUT2D eigenvalue weighted by molar-refractivity contribution is 6.31. The third-order valence-electron chi connectivity index (χ3n) is 9.17. The van der Waals surface area contributed by atoms with E-state index in [-0.39, 0.29) is 46.3 Å². The summed E-state index contributed by atoms with van der Waals surface area (Å²) in [5.41, 5.74) is -0.942. The molecule has 12 heteroatoms. The predicted octanol–water partition coefficient (Wildman–Crippen LogP) is 4.15. The largest absolute Gasteiger partial charge is 0.372 e. The minimum Gasteiger partial charge on any atom is -0.372 e. The Morgan fingerprint density at radius 3 is 2.33 bits per heavy atom. The number of piperidine rings is 3.